The van der Waals surface area contributed by atoms with Crippen molar-refractivity contribution < 1.29 is 4.39 Å². The number of rotatable bonds is 2. The zero-order chi connectivity index (χ0) is 14.2. The van der Waals surface area contributed by atoms with Crippen molar-refractivity contribution in [3.8, 4) is 0 Å². The van der Waals surface area contributed by atoms with Crippen molar-refractivity contribution in [2.45, 2.75) is 26.1 Å². The number of hydrogen-bond acceptors (Lipinski definition) is 0. The highest BCUT2D eigenvalue weighted by Gasteiger charge is 2.18. The molecular formula is C16H15BrClF. The van der Waals surface area contributed by atoms with Crippen LogP contribution in [0.5, 0.6) is 0 Å². The molecule has 1 atom stereocenters. The van der Waals surface area contributed by atoms with E-state index in [1.54, 1.807) is 0 Å². The number of hydrogen-bond donors (Lipinski definition) is 0. The maximum atomic E-state index is 13.4. The predicted octanol–water partition coefficient (Wildman–Crippen LogP) is 5.84. The third kappa shape index (κ3) is 3.01. The van der Waals surface area contributed by atoms with Gasteiger partial charge in [-0.05, 0) is 66.8 Å². The van der Waals surface area contributed by atoms with E-state index >= 15 is 0 Å². The van der Waals surface area contributed by atoms with E-state index in [-0.39, 0.29) is 11.2 Å². The molecular weight excluding hydrogens is 327 g/mol. The van der Waals surface area contributed by atoms with Gasteiger partial charge in [-0.25, -0.2) is 4.39 Å². The molecule has 0 bridgehead atoms. The summed E-state index contributed by atoms with van der Waals surface area (Å²) in [5.74, 6) is -0.217. The Morgan fingerprint density at radius 1 is 1.05 bits per heavy atom. The minimum atomic E-state index is -0.282. The first-order valence-corrected chi connectivity index (χ1v) is 7.30. The molecule has 0 saturated carbocycles. The van der Waals surface area contributed by atoms with Crippen molar-refractivity contribution in [2.75, 3.05) is 0 Å². The van der Waals surface area contributed by atoms with Crippen LogP contribution in [0.25, 0.3) is 0 Å². The fourth-order valence-corrected chi connectivity index (χ4v) is 3.70. The van der Waals surface area contributed by atoms with Crippen LogP contribution in [0.3, 0.4) is 0 Å². The highest BCUT2D eigenvalue weighted by atomic mass is 79.9. The quantitative estimate of drug-likeness (QED) is 0.602. The van der Waals surface area contributed by atoms with Crippen LogP contribution in [-0.2, 0) is 0 Å². The van der Waals surface area contributed by atoms with Gasteiger partial charge in [0.2, 0.25) is 0 Å². The highest BCUT2D eigenvalue weighted by molar-refractivity contribution is 9.10. The van der Waals surface area contributed by atoms with Gasteiger partial charge < -0.3 is 0 Å². The van der Waals surface area contributed by atoms with Gasteiger partial charge in [0.05, 0.1) is 5.38 Å². The van der Waals surface area contributed by atoms with Crippen molar-refractivity contribution in [3.05, 3.63) is 68.4 Å². The second-order valence-corrected chi connectivity index (χ2v) is 6.13. The first-order valence-electron chi connectivity index (χ1n) is 6.07. The maximum absolute atomic E-state index is 13.4. The largest absolute Gasteiger partial charge is 0.207 e. The van der Waals surface area contributed by atoms with E-state index in [2.05, 4.69) is 15.9 Å². The zero-order valence-corrected chi connectivity index (χ0v) is 13.4. The number of aryl methyl sites for hydroxylation is 3. The lowest BCUT2D eigenvalue weighted by molar-refractivity contribution is 0.624. The van der Waals surface area contributed by atoms with E-state index in [1.807, 2.05) is 39.0 Å². The summed E-state index contributed by atoms with van der Waals surface area (Å²) in [6, 6.07) is 9.14. The van der Waals surface area contributed by atoms with E-state index in [1.165, 1.54) is 17.7 Å². The van der Waals surface area contributed by atoms with Gasteiger partial charge >= 0.3 is 0 Å². The molecule has 19 heavy (non-hydrogen) atoms. The molecule has 0 fully saturated rings. The van der Waals surface area contributed by atoms with Crippen LogP contribution in [0.2, 0.25) is 0 Å². The summed E-state index contributed by atoms with van der Waals surface area (Å²) in [6.07, 6.45) is 0. The Balaban J connectivity index is 2.53. The first-order chi connectivity index (χ1) is 8.90. The topological polar surface area (TPSA) is 0 Å². The molecule has 0 heterocycles. The van der Waals surface area contributed by atoms with Gasteiger partial charge in [0, 0.05) is 4.47 Å². The third-order valence-electron chi connectivity index (χ3n) is 3.24. The van der Waals surface area contributed by atoms with Gasteiger partial charge in [0.1, 0.15) is 5.82 Å². The Morgan fingerprint density at radius 3 is 2.16 bits per heavy atom. The summed E-state index contributed by atoms with van der Waals surface area (Å²) in [4.78, 5) is 0. The Kier molecular flexibility index (Phi) is 4.32. The van der Waals surface area contributed by atoms with Crippen molar-refractivity contribution in [1.29, 1.82) is 0 Å². The molecule has 0 N–H and O–H groups in total. The summed E-state index contributed by atoms with van der Waals surface area (Å²) in [6.45, 7) is 5.82. The lowest BCUT2D eigenvalue weighted by Gasteiger charge is -2.18. The van der Waals surface area contributed by atoms with Gasteiger partial charge in [0.15, 0.2) is 0 Å². The Morgan fingerprint density at radius 2 is 1.63 bits per heavy atom. The van der Waals surface area contributed by atoms with Crippen LogP contribution in [0.4, 0.5) is 4.39 Å². The van der Waals surface area contributed by atoms with E-state index in [0.717, 1.165) is 26.7 Å². The van der Waals surface area contributed by atoms with E-state index in [4.69, 9.17) is 11.6 Å². The van der Waals surface area contributed by atoms with Crippen molar-refractivity contribution in [3.63, 3.8) is 0 Å². The summed E-state index contributed by atoms with van der Waals surface area (Å²) in [5.41, 5.74) is 4.92. The summed E-state index contributed by atoms with van der Waals surface area (Å²) in [5, 5.41) is -0.282. The second-order valence-electron chi connectivity index (χ2n) is 4.84. The van der Waals surface area contributed by atoms with Crippen LogP contribution in [0.15, 0.2) is 34.8 Å². The predicted molar refractivity (Wildman–Crippen MR) is 82.4 cm³/mol. The fraction of sp³-hybridized carbons (Fsp3) is 0.250. The minimum absolute atomic E-state index is 0.217. The number of benzene rings is 2. The molecule has 0 aromatic heterocycles. The third-order valence-corrected chi connectivity index (χ3v) is 4.38. The molecule has 2 aromatic carbocycles. The molecule has 2 rings (SSSR count). The molecule has 0 amide bonds. The van der Waals surface area contributed by atoms with Crippen LogP contribution in [0, 0.1) is 26.6 Å². The SMILES string of the molecule is Cc1ccc(C(Cl)c2c(C)cc(F)cc2C)c(Br)c1. The molecule has 0 aliphatic carbocycles. The molecule has 0 aliphatic rings. The lowest BCUT2D eigenvalue weighted by Crippen LogP contribution is -2.01. The van der Waals surface area contributed by atoms with Gasteiger partial charge in [-0.2, -0.15) is 0 Å². The van der Waals surface area contributed by atoms with Crippen molar-refractivity contribution in [1.82, 2.24) is 0 Å². The lowest BCUT2D eigenvalue weighted by atomic mass is 9.95. The van der Waals surface area contributed by atoms with Crippen molar-refractivity contribution >= 4 is 27.5 Å². The average molecular weight is 342 g/mol. The number of alkyl halides is 1. The molecule has 0 aliphatic heterocycles. The smallest absolute Gasteiger partial charge is 0.123 e. The van der Waals surface area contributed by atoms with Crippen molar-refractivity contribution in [2.24, 2.45) is 0 Å². The van der Waals surface area contributed by atoms with Crippen LogP contribution in [0.1, 0.15) is 33.2 Å². The van der Waals surface area contributed by atoms with Gasteiger partial charge in [-0.15, -0.1) is 11.6 Å². The summed E-state index contributed by atoms with van der Waals surface area (Å²) >= 11 is 10.1. The minimum Gasteiger partial charge on any atom is -0.207 e. The van der Waals surface area contributed by atoms with E-state index in [0.29, 0.717) is 0 Å². The maximum Gasteiger partial charge on any atom is 0.123 e. The molecule has 0 saturated heterocycles. The Bertz CT molecular complexity index is 599. The van der Waals surface area contributed by atoms with E-state index < -0.39 is 0 Å². The average Bonchev–Trinajstić information content (AvgIpc) is 2.26. The standard InChI is InChI=1S/C16H15BrClF/c1-9-4-5-13(14(17)6-9)16(18)15-10(2)7-12(19)8-11(15)3/h4-8,16H,1-3H3. The zero-order valence-electron chi connectivity index (χ0n) is 11.1. The second kappa shape index (κ2) is 5.64. The molecule has 0 radical (unpaired) electrons. The van der Waals surface area contributed by atoms with E-state index in [9.17, 15) is 4.39 Å². The highest BCUT2D eigenvalue weighted by Crippen LogP contribution is 2.37. The van der Waals surface area contributed by atoms with Crippen LogP contribution in [-0.4, -0.2) is 0 Å². The first kappa shape index (κ1) is 14.5. The molecule has 2 aromatic rings. The van der Waals surface area contributed by atoms with Gasteiger partial charge in [-0.3, -0.25) is 0 Å². The molecule has 100 valence electrons. The number of halogens is 3. The molecule has 0 spiro atoms. The monoisotopic (exact) mass is 340 g/mol. The fourth-order valence-electron chi connectivity index (χ4n) is 2.31. The molecule has 3 heteroatoms. The van der Waals surface area contributed by atoms with Gasteiger partial charge in [-0.1, -0.05) is 28.1 Å². The van der Waals surface area contributed by atoms with Crippen LogP contribution < -0.4 is 0 Å². The Labute approximate surface area is 126 Å². The summed E-state index contributed by atoms with van der Waals surface area (Å²) in [7, 11) is 0. The normalized spacial score (nSPS) is 12.5. The van der Waals surface area contributed by atoms with Crippen LogP contribution >= 0.6 is 27.5 Å². The molecule has 0 nitrogen and oxygen atoms in total. The van der Waals surface area contributed by atoms with Gasteiger partial charge in [0.25, 0.3) is 0 Å². The Hall–Kier alpha value is -0.860. The molecule has 1 unspecified atom stereocenters. The summed E-state index contributed by atoms with van der Waals surface area (Å²) < 4.78 is 14.3.